The highest BCUT2D eigenvalue weighted by molar-refractivity contribution is 5.79. The minimum atomic E-state index is -4.12. The zero-order valence-electron chi connectivity index (χ0n) is 13.9. The Morgan fingerprint density at radius 2 is 2.21 bits per heavy atom. The number of hydrogen-bond donors (Lipinski definition) is 2. The topological polar surface area (TPSA) is 57.5 Å². The molecule has 1 atom stereocenters. The van der Waals surface area contributed by atoms with E-state index in [1.54, 1.807) is 13.2 Å². The van der Waals surface area contributed by atoms with Gasteiger partial charge in [-0.15, -0.1) is 0 Å². The minimum absolute atomic E-state index is 0.218. The van der Waals surface area contributed by atoms with Crippen molar-refractivity contribution in [2.75, 3.05) is 39.8 Å². The highest BCUT2D eigenvalue weighted by atomic mass is 19.4. The number of halogens is 3. The van der Waals surface area contributed by atoms with Crippen LogP contribution in [0.2, 0.25) is 0 Å². The third kappa shape index (κ3) is 6.77. The van der Waals surface area contributed by atoms with Crippen LogP contribution in [-0.2, 0) is 6.54 Å². The van der Waals surface area contributed by atoms with E-state index in [4.69, 9.17) is 0 Å². The summed E-state index contributed by atoms with van der Waals surface area (Å²) in [4.78, 5) is 5.61. The first-order valence-electron chi connectivity index (χ1n) is 8.17. The van der Waals surface area contributed by atoms with Gasteiger partial charge < -0.3 is 10.6 Å². The summed E-state index contributed by atoms with van der Waals surface area (Å²) in [6.45, 7) is 2.37. The van der Waals surface area contributed by atoms with E-state index in [1.807, 2.05) is 16.9 Å². The lowest BCUT2D eigenvalue weighted by atomic mass is 10.1. The normalized spacial score (nSPS) is 19.7. The zero-order valence-corrected chi connectivity index (χ0v) is 13.9. The predicted molar refractivity (Wildman–Crippen MR) is 86.8 cm³/mol. The number of nitrogens with one attached hydrogen (secondary N) is 2. The number of hydrogen-bond acceptors (Lipinski definition) is 3. The van der Waals surface area contributed by atoms with Gasteiger partial charge in [0, 0.05) is 45.6 Å². The summed E-state index contributed by atoms with van der Waals surface area (Å²) in [6.07, 6.45) is 1.23. The lowest BCUT2D eigenvalue weighted by Crippen LogP contribution is -2.41. The molecule has 1 saturated heterocycles. The summed E-state index contributed by atoms with van der Waals surface area (Å²) in [5.74, 6) is 0.903. The third-order valence-electron chi connectivity index (χ3n) is 3.97. The second-order valence-electron chi connectivity index (χ2n) is 6.01. The number of likely N-dealkylation sites (tertiary alicyclic amines) is 1. The molecule has 0 spiro atoms. The third-order valence-corrected chi connectivity index (χ3v) is 3.97. The highest BCUT2D eigenvalue weighted by Crippen LogP contribution is 2.22. The molecule has 1 aliphatic rings. The van der Waals surface area contributed by atoms with Crippen LogP contribution in [0.1, 0.15) is 12.8 Å². The van der Waals surface area contributed by atoms with Crippen molar-refractivity contribution in [1.82, 2.24) is 25.3 Å². The summed E-state index contributed by atoms with van der Waals surface area (Å²) in [7, 11) is 1.69. The van der Waals surface area contributed by atoms with E-state index in [2.05, 4.69) is 20.7 Å². The van der Waals surface area contributed by atoms with Gasteiger partial charge in [0.25, 0.3) is 0 Å². The van der Waals surface area contributed by atoms with Crippen molar-refractivity contribution in [3.8, 4) is 0 Å². The Kier molecular flexibility index (Phi) is 6.89. The number of aromatic nitrogens is 2. The highest BCUT2D eigenvalue weighted by Gasteiger charge is 2.34. The van der Waals surface area contributed by atoms with Gasteiger partial charge in [-0.1, -0.05) is 0 Å². The number of rotatable bonds is 7. The molecule has 1 aromatic heterocycles. The van der Waals surface area contributed by atoms with Gasteiger partial charge >= 0.3 is 6.18 Å². The molecule has 136 valence electrons. The SMILES string of the molecule is CN=C(NCCCn1cccn1)NCC1CCN(CC(F)(F)F)C1. The zero-order chi connectivity index (χ0) is 17.4. The molecule has 2 N–H and O–H groups in total. The molecule has 1 aliphatic heterocycles. The van der Waals surface area contributed by atoms with Crippen molar-refractivity contribution >= 4 is 5.96 Å². The average Bonchev–Trinajstić information content (AvgIpc) is 3.17. The first-order chi connectivity index (χ1) is 11.5. The summed E-state index contributed by atoms with van der Waals surface area (Å²) in [6, 6.07) is 1.89. The fraction of sp³-hybridized carbons (Fsp3) is 0.733. The Hall–Kier alpha value is -1.77. The minimum Gasteiger partial charge on any atom is -0.356 e. The molecule has 1 fully saturated rings. The molecule has 2 rings (SSSR count). The fourth-order valence-corrected chi connectivity index (χ4v) is 2.82. The monoisotopic (exact) mass is 346 g/mol. The molecule has 6 nitrogen and oxygen atoms in total. The molecule has 9 heteroatoms. The Bertz CT molecular complexity index is 500. The van der Waals surface area contributed by atoms with Crippen LogP contribution in [0.3, 0.4) is 0 Å². The maximum Gasteiger partial charge on any atom is 0.401 e. The Morgan fingerprint density at radius 1 is 1.38 bits per heavy atom. The molecule has 0 amide bonds. The van der Waals surface area contributed by atoms with Gasteiger partial charge in [0.15, 0.2) is 5.96 Å². The molecule has 0 aliphatic carbocycles. The van der Waals surface area contributed by atoms with Crippen LogP contribution in [0.15, 0.2) is 23.5 Å². The molecule has 24 heavy (non-hydrogen) atoms. The Morgan fingerprint density at radius 3 is 2.88 bits per heavy atom. The van der Waals surface area contributed by atoms with Gasteiger partial charge in [0.05, 0.1) is 6.54 Å². The summed E-state index contributed by atoms with van der Waals surface area (Å²) < 4.78 is 39.0. The van der Waals surface area contributed by atoms with E-state index in [1.165, 1.54) is 4.90 Å². The van der Waals surface area contributed by atoms with Crippen LogP contribution in [0, 0.1) is 5.92 Å². The quantitative estimate of drug-likeness (QED) is 0.444. The van der Waals surface area contributed by atoms with E-state index in [0.717, 1.165) is 25.9 Å². The second-order valence-corrected chi connectivity index (χ2v) is 6.01. The van der Waals surface area contributed by atoms with Crippen molar-refractivity contribution in [2.24, 2.45) is 10.9 Å². The summed E-state index contributed by atoms with van der Waals surface area (Å²) in [5, 5.41) is 10.5. The first kappa shape index (κ1) is 18.6. The van der Waals surface area contributed by atoms with E-state index < -0.39 is 12.7 Å². The summed E-state index contributed by atoms with van der Waals surface area (Å²) in [5.41, 5.74) is 0. The second kappa shape index (κ2) is 8.91. The molecule has 0 aromatic carbocycles. The van der Waals surface area contributed by atoms with Crippen molar-refractivity contribution in [3.63, 3.8) is 0 Å². The molecule has 1 aromatic rings. The standard InChI is InChI=1S/C15H25F3N6/c1-19-14(20-5-2-7-24-8-3-6-22-24)21-10-13-4-9-23(11-13)12-15(16,17)18/h3,6,8,13H,2,4-5,7,9-12H2,1H3,(H2,19,20,21). The van der Waals surface area contributed by atoms with Crippen molar-refractivity contribution in [2.45, 2.75) is 25.6 Å². The Balaban J connectivity index is 1.60. The van der Waals surface area contributed by atoms with E-state index >= 15 is 0 Å². The van der Waals surface area contributed by atoms with E-state index in [-0.39, 0.29) is 5.92 Å². The van der Waals surface area contributed by atoms with Gasteiger partial charge in [-0.05, 0) is 31.4 Å². The first-order valence-corrected chi connectivity index (χ1v) is 8.17. The van der Waals surface area contributed by atoms with Gasteiger partial charge in [-0.2, -0.15) is 18.3 Å². The van der Waals surface area contributed by atoms with Crippen LogP contribution in [0.4, 0.5) is 13.2 Å². The van der Waals surface area contributed by atoms with Gasteiger partial charge in [-0.25, -0.2) is 0 Å². The maximum absolute atomic E-state index is 12.4. The van der Waals surface area contributed by atoms with Crippen LogP contribution < -0.4 is 10.6 Å². The molecule has 0 radical (unpaired) electrons. The molecule has 0 saturated carbocycles. The molecule has 1 unspecified atom stereocenters. The lowest BCUT2D eigenvalue weighted by Gasteiger charge is -2.18. The Labute approximate surface area is 140 Å². The van der Waals surface area contributed by atoms with Crippen LogP contribution in [0.5, 0.6) is 0 Å². The summed E-state index contributed by atoms with van der Waals surface area (Å²) >= 11 is 0. The molecule has 2 heterocycles. The molecule has 0 bridgehead atoms. The number of aliphatic imine (C=N–C) groups is 1. The maximum atomic E-state index is 12.4. The average molecular weight is 346 g/mol. The number of guanidine groups is 1. The van der Waals surface area contributed by atoms with Crippen LogP contribution >= 0.6 is 0 Å². The van der Waals surface area contributed by atoms with Crippen LogP contribution in [-0.4, -0.2) is 66.6 Å². The van der Waals surface area contributed by atoms with Gasteiger partial charge in [0.1, 0.15) is 0 Å². The smallest absolute Gasteiger partial charge is 0.356 e. The predicted octanol–water partition coefficient (Wildman–Crippen LogP) is 1.32. The van der Waals surface area contributed by atoms with Crippen molar-refractivity contribution < 1.29 is 13.2 Å². The number of nitrogens with zero attached hydrogens (tertiary/aromatic N) is 4. The molecular formula is C15H25F3N6. The van der Waals surface area contributed by atoms with Crippen LogP contribution in [0.25, 0.3) is 0 Å². The van der Waals surface area contributed by atoms with E-state index in [0.29, 0.717) is 25.6 Å². The fourth-order valence-electron chi connectivity index (χ4n) is 2.82. The van der Waals surface area contributed by atoms with E-state index in [9.17, 15) is 13.2 Å². The van der Waals surface area contributed by atoms with Gasteiger partial charge in [-0.3, -0.25) is 14.6 Å². The van der Waals surface area contributed by atoms with Gasteiger partial charge in [0.2, 0.25) is 0 Å². The number of aryl methyl sites for hydroxylation is 1. The lowest BCUT2D eigenvalue weighted by molar-refractivity contribution is -0.143. The van der Waals surface area contributed by atoms with Crippen molar-refractivity contribution in [1.29, 1.82) is 0 Å². The molecular weight excluding hydrogens is 321 g/mol. The van der Waals surface area contributed by atoms with Crippen molar-refractivity contribution in [3.05, 3.63) is 18.5 Å². The number of alkyl halides is 3. The largest absolute Gasteiger partial charge is 0.401 e.